The van der Waals surface area contributed by atoms with E-state index in [4.69, 9.17) is 19.2 Å². The van der Waals surface area contributed by atoms with Crippen molar-refractivity contribution in [1.29, 1.82) is 0 Å². The molecule has 0 aliphatic carbocycles. The predicted octanol–water partition coefficient (Wildman–Crippen LogP) is 3.30. The quantitative estimate of drug-likeness (QED) is 0.667. The fourth-order valence-electron chi connectivity index (χ4n) is 4.59. The molecule has 2 saturated heterocycles. The molecule has 1 atom stereocenters. The summed E-state index contributed by atoms with van der Waals surface area (Å²) in [7, 11) is 0. The molecular weight excluding hydrogens is 380 g/mol. The second-order valence-corrected chi connectivity index (χ2v) is 8.12. The van der Waals surface area contributed by atoms with Crippen molar-refractivity contribution >= 4 is 16.7 Å². The molecule has 1 unspecified atom stereocenters. The first kappa shape index (κ1) is 18.0. The molecule has 0 saturated carbocycles. The second-order valence-electron chi connectivity index (χ2n) is 8.12. The Morgan fingerprint density at radius 1 is 1.00 bits per heavy atom. The van der Waals surface area contributed by atoms with Gasteiger partial charge in [-0.25, -0.2) is 9.97 Å². The zero-order valence-electron chi connectivity index (χ0n) is 16.8. The van der Waals surface area contributed by atoms with Gasteiger partial charge >= 0.3 is 0 Å². The van der Waals surface area contributed by atoms with E-state index >= 15 is 0 Å². The molecule has 1 aromatic carbocycles. The molecule has 154 valence electrons. The smallest absolute Gasteiger partial charge is 0.223 e. The number of aliphatic imine (C=N–C) groups is 1. The van der Waals surface area contributed by atoms with Crippen molar-refractivity contribution in [3.05, 3.63) is 53.5 Å². The van der Waals surface area contributed by atoms with E-state index in [0.29, 0.717) is 18.5 Å². The van der Waals surface area contributed by atoms with Crippen molar-refractivity contribution in [2.45, 2.75) is 38.0 Å². The van der Waals surface area contributed by atoms with Crippen LogP contribution in [0.15, 0.2) is 41.8 Å². The van der Waals surface area contributed by atoms with Crippen molar-refractivity contribution in [2.24, 2.45) is 4.99 Å². The van der Waals surface area contributed by atoms with Crippen LogP contribution in [0.1, 0.15) is 42.0 Å². The van der Waals surface area contributed by atoms with Crippen LogP contribution in [0.25, 0.3) is 11.0 Å². The molecule has 3 aliphatic rings. The Morgan fingerprint density at radius 3 is 2.77 bits per heavy atom. The minimum atomic E-state index is 0.144. The van der Waals surface area contributed by atoms with Gasteiger partial charge in [0.05, 0.1) is 61.0 Å². The van der Waals surface area contributed by atoms with E-state index in [1.165, 1.54) is 5.56 Å². The van der Waals surface area contributed by atoms with Crippen LogP contribution in [0.2, 0.25) is 0 Å². The summed E-state index contributed by atoms with van der Waals surface area (Å²) in [6, 6.07) is 8.76. The zero-order valence-corrected chi connectivity index (χ0v) is 16.8. The number of pyridine rings is 1. The summed E-state index contributed by atoms with van der Waals surface area (Å²) < 4.78 is 19.6. The van der Waals surface area contributed by atoms with Crippen molar-refractivity contribution < 1.29 is 14.2 Å². The van der Waals surface area contributed by atoms with E-state index in [-0.39, 0.29) is 6.10 Å². The van der Waals surface area contributed by atoms with E-state index in [2.05, 4.69) is 32.7 Å². The van der Waals surface area contributed by atoms with Gasteiger partial charge in [0, 0.05) is 31.2 Å². The maximum absolute atomic E-state index is 6.32. The molecule has 3 aromatic rings. The van der Waals surface area contributed by atoms with Gasteiger partial charge in [-0.05, 0) is 30.2 Å². The largest absolute Gasteiger partial charge is 0.474 e. The third-order valence-corrected chi connectivity index (χ3v) is 6.24. The SMILES string of the molecule is c1cc2c(c(OC3CCOCC3)n1)C(c1ccc3ncn(C4CCOC4)c3c1)=NC2. The van der Waals surface area contributed by atoms with Crippen molar-refractivity contribution in [3.63, 3.8) is 0 Å². The highest BCUT2D eigenvalue weighted by molar-refractivity contribution is 6.17. The molecule has 0 N–H and O–H groups in total. The Hall–Kier alpha value is -2.77. The lowest BCUT2D eigenvalue weighted by Gasteiger charge is -2.24. The first-order valence-corrected chi connectivity index (χ1v) is 10.7. The standard InChI is InChI=1S/C23H24N4O3/c1-2-19-20(27(14-26-19)17-4-8-29-13-17)11-15(1)22-21-16(12-25-22)3-7-24-23(21)30-18-5-9-28-10-6-18/h1-3,7,11,14,17-18H,4-6,8-10,12-13H2. The normalized spacial score (nSPS) is 21.7. The molecule has 2 aromatic heterocycles. The van der Waals surface area contributed by atoms with Gasteiger partial charge in [-0.2, -0.15) is 0 Å². The number of hydrogen-bond donors (Lipinski definition) is 0. The van der Waals surface area contributed by atoms with Crippen LogP contribution in [0.5, 0.6) is 5.88 Å². The predicted molar refractivity (Wildman–Crippen MR) is 112 cm³/mol. The van der Waals surface area contributed by atoms with Gasteiger partial charge in [0.2, 0.25) is 5.88 Å². The molecule has 0 radical (unpaired) electrons. The molecular formula is C23H24N4O3. The summed E-state index contributed by atoms with van der Waals surface area (Å²) >= 11 is 0. The summed E-state index contributed by atoms with van der Waals surface area (Å²) in [5.74, 6) is 0.688. The molecule has 5 heterocycles. The van der Waals surface area contributed by atoms with Crippen LogP contribution in [0, 0.1) is 0 Å². The van der Waals surface area contributed by atoms with E-state index in [1.807, 2.05) is 18.6 Å². The molecule has 0 amide bonds. The van der Waals surface area contributed by atoms with Gasteiger partial charge in [0.15, 0.2) is 0 Å². The van der Waals surface area contributed by atoms with Crippen molar-refractivity contribution in [3.8, 4) is 5.88 Å². The lowest BCUT2D eigenvalue weighted by atomic mass is 10.0. The number of nitrogens with zero attached hydrogens (tertiary/aromatic N) is 4. The second kappa shape index (κ2) is 7.49. The molecule has 7 nitrogen and oxygen atoms in total. The average Bonchev–Trinajstić information content (AvgIpc) is 3.53. The molecule has 0 spiro atoms. The number of aromatic nitrogens is 3. The highest BCUT2D eigenvalue weighted by Gasteiger charge is 2.27. The summed E-state index contributed by atoms with van der Waals surface area (Å²) in [5.41, 5.74) is 6.34. The number of ether oxygens (including phenoxy) is 3. The Bertz CT molecular complexity index is 1110. The van der Waals surface area contributed by atoms with Crippen LogP contribution >= 0.6 is 0 Å². The van der Waals surface area contributed by atoms with E-state index in [1.54, 1.807) is 0 Å². The Labute approximate surface area is 174 Å². The Kier molecular flexibility index (Phi) is 4.50. The molecule has 3 aliphatic heterocycles. The lowest BCUT2D eigenvalue weighted by molar-refractivity contribution is 0.0236. The van der Waals surface area contributed by atoms with Gasteiger partial charge in [-0.15, -0.1) is 0 Å². The summed E-state index contributed by atoms with van der Waals surface area (Å²) in [6.07, 6.45) is 6.71. The van der Waals surface area contributed by atoms with Gasteiger partial charge in [0.25, 0.3) is 0 Å². The van der Waals surface area contributed by atoms with E-state index in [0.717, 1.165) is 73.6 Å². The van der Waals surface area contributed by atoms with Crippen molar-refractivity contribution in [1.82, 2.24) is 14.5 Å². The number of hydrogen-bond acceptors (Lipinski definition) is 6. The Morgan fingerprint density at radius 2 is 1.90 bits per heavy atom. The van der Waals surface area contributed by atoms with Crippen LogP contribution in [-0.2, 0) is 16.0 Å². The van der Waals surface area contributed by atoms with Gasteiger partial charge in [-0.1, -0.05) is 6.07 Å². The average molecular weight is 404 g/mol. The fraction of sp³-hybridized carbons (Fsp3) is 0.435. The Balaban J connectivity index is 1.37. The molecule has 0 bridgehead atoms. The first-order chi connectivity index (χ1) is 14.9. The number of imidazole rings is 1. The molecule has 30 heavy (non-hydrogen) atoms. The number of fused-ring (bicyclic) bond motifs is 2. The third kappa shape index (κ3) is 3.09. The maximum atomic E-state index is 6.32. The minimum absolute atomic E-state index is 0.144. The summed E-state index contributed by atoms with van der Waals surface area (Å²) in [4.78, 5) is 14.0. The number of benzene rings is 1. The lowest BCUT2D eigenvalue weighted by Crippen LogP contribution is -2.27. The monoisotopic (exact) mass is 404 g/mol. The highest BCUT2D eigenvalue weighted by Crippen LogP contribution is 2.32. The highest BCUT2D eigenvalue weighted by atomic mass is 16.5. The van der Waals surface area contributed by atoms with Crippen LogP contribution in [0.3, 0.4) is 0 Å². The van der Waals surface area contributed by atoms with Gasteiger partial charge in [0.1, 0.15) is 6.10 Å². The number of rotatable bonds is 4. The van der Waals surface area contributed by atoms with Crippen molar-refractivity contribution in [2.75, 3.05) is 26.4 Å². The molecule has 2 fully saturated rings. The minimum Gasteiger partial charge on any atom is -0.474 e. The summed E-state index contributed by atoms with van der Waals surface area (Å²) in [5, 5.41) is 0. The topological polar surface area (TPSA) is 70.8 Å². The van der Waals surface area contributed by atoms with Crippen LogP contribution in [-0.4, -0.2) is 52.8 Å². The van der Waals surface area contributed by atoms with E-state index < -0.39 is 0 Å². The molecule has 6 rings (SSSR count). The van der Waals surface area contributed by atoms with Crippen LogP contribution in [0.4, 0.5) is 0 Å². The third-order valence-electron chi connectivity index (χ3n) is 6.24. The summed E-state index contributed by atoms with van der Waals surface area (Å²) in [6.45, 7) is 3.69. The molecule has 7 heteroatoms. The van der Waals surface area contributed by atoms with E-state index in [9.17, 15) is 0 Å². The maximum Gasteiger partial charge on any atom is 0.223 e. The van der Waals surface area contributed by atoms with Gasteiger partial charge < -0.3 is 18.8 Å². The van der Waals surface area contributed by atoms with Crippen LogP contribution < -0.4 is 4.74 Å². The fourth-order valence-corrected chi connectivity index (χ4v) is 4.59. The zero-order chi connectivity index (χ0) is 19.9. The van der Waals surface area contributed by atoms with Gasteiger partial charge in [-0.3, -0.25) is 4.99 Å². The first-order valence-electron chi connectivity index (χ1n) is 10.7.